The highest BCUT2D eigenvalue weighted by Crippen LogP contribution is 2.22. The van der Waals surface area contributed by atoms with E-state index in [-0.39, 0.29) is 6.61 Å². The summed E-state index contributed by atoms with van der Waals surface area (Å²) in [4.78, 5) is 22.7. The summed E-state index contributed by atoms with van der Waals surface area (Å²) >= 11 is 0. The molecule has 3 aromatic carbocycles. The molecule has 0 saturated carbocycles. The summed E-state index contributed by atoms with van der Waals surface area (Å²) in [6.45, 7) is 1.29. The standard InChI is InChI=1S/C24H22N2O5/c1-17(24(28)29)31-22-11-7-18(8-12-22)15-25-26-23(27)16-30-21-13-9-20(10-14-21)19-5-3-2-4-6-19/h2-15,17H,16H2,1H3,(H,26,27)(H,28,29)/b25-15+/t17-/m0/s1. The number of carbonyl (C=O) groups is 2. The molecule has 1 atom stereocenters. The lowest BCUT2D eigenvalue weighted by Gasteiger charge is -2.09. The van der Waals surface area contributed by atoms with Gasteiger partial charge < -0.3 is 14.6 Å². The molecule has 7 heteroatoms. The van der Waals surface area contributed by atoms with E-state index in [4.69, 9.17) is 14.6 Å². The van der Waals surface area contributed by atoms with Gasteiger partial charge in [0, 0.05) is 0 Å². The van der Waals surface area contributed by atoms with Gasteiger partial charge in [0.2, 0.25) is 0 Å². The second-order valence-corrected chi connectivity index (χ2v) is 6.64. The summed E-state index contributed by atoms with van der Waals surface area (Å²) in [6, 6.07) is 24.1. The Labute approximate surface area is 179 Å². The molecule has 0 bridgehead atoms. The van der Waals surface area contributed by atoms with E-state index in [0.717, 1.165) is 11.1 Å². The largest absolute Gasteiger partial charge is 0.484 e. The van der Waals surface area contributed by atoms with Crippen molar-refractivity contribution < 1.29 is 24.2 Å². The van der Waals surface area contributed by atoms with Gasteiger partial charge in [-0.1, -0.05) is 42.5 Å². The number of carboxylic acids is 1. The number of benzene rings is 3. The molecule has 0 fully saturated rings. The first-order valence-electron chi connectivity index (χ1n) is 9.61. The van der Waals surface area contributed by atoms with E-state index in [0.29, 0.717) is 17.1 Å². The molecule has 3 aromatic rings. The lowest BCUT2D eigenvalue weighted by atomic mass is 10.1. The van der Waals surface area contributed by atoms with Gasteiger partial charge >= 0.3 is 5.97 Å². The predicted molar refractivity (Wildman–Crippen MR) is 117 cm³/mol. The quantitative estimate of drug-likeness (QED) is 0.408. The summed E-state index contributed by atoms with van der Waals surface area (Å²) in [6.07, 6.45) is 0.532. The van der Waals surface area contributed by atoms with Gasteiger partial charge in [-0.2, -0.15) is 5.10 Å². The van der Waals surface area contributed by atoms with E-state index in [1.165, 1.54) is 13.1 Å². The number of nitrogens with zero attached hydrogens (tertiary/aromatic N) is 1. The number of ether oxygens (including phenoxy) is 2. The highest BCUT2D eigenvalue weighted by atomic mass is 16.5. The van der Waals surface area contributed by atoms with Crippen molar-refractivity contribution in [3.63, 3.8) is 0 Å². The average Bonchev–Trinajstić information content (AvgIpc) is 2.79. The molecule has 31 heavy (non-hydrogen) atoms. The van der Waals surface area contributed by atoms with Gasteiger partial charge in [0.1, 0.15) is 11.5 Å². The lowest BCUT2D eigenvalue weighted by molar-refractivity contribution is -0.144. The summed E-state index contributed by atoms with van der Waals surface area (Å²) < 4.78 is 10.7. The number of carbonyl (C=O) groups excluding carboxylic acids is 1. The molecule has 1 amide bonds. The van der Waals surface area contributed by atoms with Gasteiger partial charge in [-0.15, -0.1) is 0 Å². The Balaban J connectivity index is 1.43. The molecule has 2 N–H and O–H groups in total. The first-order valence-corrected chi connectivity index (χ1v) is 9.61. The van der Waals surface area contributed by atoms with Crippen LogP contribution in [0.4, 0.5) is 0 Å². The molecular weight excluding hydrogens is 396 g/mol. The average molecular weight is 418 g/mol. The molecule has 0 aliphatic rings. The first-order chi connectivity index (χ1) is 15.0. The van der Waals surface area contributed by atoms with Gasteiger partial charge in [-0.25, -0.2) is 10.2 Å². The topological polar surface area (TPSA) is 97.2 Å². The molecule has 0 aliphatic carbocycles. The minimum Gasteiger partial charge on any atom is -0.484 e. The van der Waals surface area contributed by atoms with Crippen LogP contribution in [0.3, 0.4) is 0 Å². The Kier molecular flexibility index (Phi) is 7.37. The van der Waals surface area contributed by atoms with Crippen LogP contribution in [0.1, 0.15) is 12.5 Å². The molecule has 0 saturated heterocycles. The lowest BCUT2D eigenvalue weighted by Crippen LogP contribution is -2.24. The van der Waals surface area contributed by atoms with Crippen molar-refractivity contribution in [2.45, 2.75) is 13.0 Å². The van der Waals surface area contributed by atoms with Gasteiger partial charge in [-0.05, 0) is 60.0 Å². The zero-order valence-corrected chi connectivity index (χ0v) is 16.9. The Hall–Kier alpha value is -4.13. The number of aliphatic carboxylic acids is 1. The Morgan fingerprint density at radius 3 is 2.19 bits per heavy atom. The van der Waals surface area contributed by atoms with Crippen LogP contribution in [0.15, 0.2) is 84.0 Å². The third kappa shape index (κ3) is 6.71. The molecule has 0 spiro atoms. The van der Waals surface area contributed by atoms with Crippen LogP contribution in [0, 0.1) is 0 Å². The van der Waals surface area contributed by atoms with Crippen LogP contribution in [-0.4, -0.2) is 35.9 Å². The maximum absolute atomic E-state index is 11.9. The fraction of sp³-hybridized carbons (Fsp3) is 0.125. The minimum absolute atomic E-state index is 0.165. The highest BCUT2D eigenvalue weighted by Gasteiger charge is 2.11. The van der Waals surface area contributed by atoms with Crippen molar-refractivity contribution in [3.8, 4) is 22.6 Å². The second kappa shape index (κ2) is 10.6. The van der Waals surface area contributed by atoms with Crippen molar-refractivity contribution in [1.82, 2.24) is 5.43 Å². The third-order valence-corrected chi connectivity index (χ3v) is 4.27. The maximum atomic E-state index is 11.9. The van der Waals surface area contributed by atoms with Gasteiger partial charge in [0.05, 0.1) is 6.21 Å². The van der Waals surface area contributed by atoms with Crippen molar-refractivity contribution in [2.75, 3.05) is 6.61 Å². The normalized spacial score (nSPS) is 11.6. The van der Waals surface area contributed by atoms with E-state index in [2.05, 4.69) is 10.5 Å². The molecule has 158 valence electrons. The number of rotatable bonds is 9. The first kappa shape index (κ1) is 21.6. The SMILES string of the molecule is C[C@H](Oc1ccc(/C=N/NC(=O)COc2ccc(-c3ccccc3)cc2)cc1)C(=O)O. The molecule has 7 nitrogen and oxygen atoms in total. The van der Waals surface area contributed by atoms with E-state index >= 15 is 0 Å². The highest BCUT2D eigenvalue weighted by molar-refractivity contribution is 5.83. The van der Waals surface area contributed by atoms with Crippen LogP contribution in [-0.2, 0) is 9.59 Å². The molecule has 0 aliphatic heterocycles. The summed E-state index contributed by atoms with van der Waals surface area (Å²) in [5.74, 6) is -0.408. The van der Waals surface area contributed by atoms with E-state index in [1.807, 2.05) is 54.6 Å². The van der Waals surface area contributed by atoms with Crippen LogP contribution in [0.2, 0.25) is 0 Å². The summed E-state index contributed by atoms with van der Waals surface area (Å²) in [5, 5.41) is 12.7. The third-order valence-electron chi connectivity index (χ3n) is 4.27. The number of amides is 1. The van der Waals surface area contributed by atoms with Crippen molar-refractivity contribution >= 4 is 18.1 Å². The van der Waals surface area contributed by atoms with Gasteiger partial charge in [0.15, 0.2) is 12.7 Å². The molecule has 0 radical (unpaired) electrons. The fourth-order valence-corrected chi connectivity index (χ4v) is 2.62. The molecule has 3 rings (SSSR count). The molecule has 0 unspecified atom stereocenters. The van der Waals surface area contributed by atoms with E-state index in [1.54, 1.807) is 24.3 Å². The van der Waals surface area contributed by atoms with E-state index < -0.39 is 18.0 Å². The monoisotopic (exact) mass is 418 g/mol. The van der Waals surface area contributed by atoms with Crippen molar-refractivity contribution in [1.29, 1.82) is 0 Å². The Morgan fingerprint density at radius 2 is 1.55 bits per heavy atom. The maximum Gasteiger partial charge on any atom is 0.344 e. The van der Waals surface area contributed by atoms with Crippen LogP contribution >= 0.6 is 0 Å². The summed E-state index contributed by atoms with van der Waals surface area (Å²) in [5.41, 5.74) is 5.29. The predicted octanol–water partition coefficient (Wildman–Crippen LogP) is 3.73. The van der Waals surface area contributed by atoms with Crippen molar-refractivity contribution in [3.05, 3.63) is 84.4 Å². The summed E-state index contributed by atoms with van der Waals surface area (Å²) in [7, 11) is 0. The number of hydrogen-bond acceptors (Lipinski definition) is 5. The zero-order chi connectivity index (χ0) is 22.1. The van der Waals surface area contributed by atoms with Crippen LogP contribution in [0.5, 0.6) is 11.5 Å². The molecular formula is C24H22N2O5. The number of nitrogens with one attached hydrogen (secondary N) is 1. The minimum atomic E-state index is -1.04. The Bertz CT molecular complexity index is 1030. The van der Waals surface area contributed by atoms with Crippen LogP contribution in [0.25, 0.3) is 11.1 Å². The smallest absolute Gasteiger partial charge is 0.344 e. The van der Waals surface area contributed by atoms with Crippen molar-refractivity contribution in [2.24, 2.45) is 5.10 Å². The number of carboxylic acid groups (broad SMARTS) is 1. The van der Waals surface area contributed by atoms with Crippen LogP contribution < -0.4 is 14.9 Å². The molecule has 0 heterocycles. The van der Waals surface area contributed by atoms with E-state index in [9.17, 15) is 9.59 Å². The van der Waals surface area contributed by atoms with Gasteiger partial charge in [-0.3, -0.25) is 4.79 Å². The number of hydrazone groups is 1. The Morgan fingerprint density at radius 1 is 0.935 bits per heavy atom. The number of hydrogen-bond donors (Lipinski definition) is 2. The fourth-order valence-electron chi connectivity index (χ4n) is 2.62. The second-order valence-electron chi connectivity index (χ2n) is 6.64. The molecule has 0 aromatic heterocycles. The zero-order valence-electron chi connectivity index (χ0n) is 16.9. The van der Waals surface area contributed by atoms with Gasteiger partial charge in [0.25, 0.3) is 5.91 Å².